The Morgan fingerprint density at radius 2 is 2.13 bits per heavy atom. The number of hydrogen-bond donors (Lipinski definition) is 1. The molecule has 1 aromatic rings. The fourth-order valence-electron chi connectivity index (χ4n) is 1.24. The maximum atomic E-state index is 11.5. The highest BCUT2D eigenvalue weighted by atomic mass is 35.5. The summed E-state index contributed by atoms with van der Waals surface area (Å²) in [5.74, 6) is -0.696. The Morgan fingerprint density at radius 1 is 1.53 bits per heavy atom. The van der Waals surface area contributed by atoms with Crippen LogP contribution in [0.15, 0.2) is 24.3 Å². The van der Waals surface area contributed by atoms with Gasteiger partial charge in [0.1, 0.15) is 0 Å². The van der Waals surface area contributed by atoms with E-state index in [0.29, 0.717) is 10.6 Å². The van der Waals surface area contributed by atoms with Crippen molar-refractivity contribution in [3.63, 3.8) is 0 Å². The van der Waals surface area contributed by atoms with Crippen molar-refractivity contribution in [3.05, 3.63) is 34.9 Å². The summed E-state index contributed by atoms with van der Waals surface area (Å²) < 4.78 is 4.77. The first-order valence-corrected chi connectivity index (χ1v) is 5.02. The van der Waals surface area contributed by atoms with Gasteiger partial charge in [0.25, 0.3) is 0 Å². The van der Waals surface area contributed by atoms with E-state index in [1.807, 2.05) is 0 Å². The molecule has 0 heterocycles. The molecule has 0 fully saturated rings. The molecule has 0 saturated heterocycles. The summed E-state index contributed by atoms with van der Waals surface area (Å²) in [7, 11) is 0. The van der Waals surface area contributed by atoms with E-state index in [1.165, 1.54) is 6.92 Å². The van der Waals surface area contributed by atoms with E-state index in [9.17, 15) is 9.90 Å². The fourth-order valence-corrected chi connectivity index (χ4v) is 1.56. The molecule has 0 spiro atoms. The van der Waals surface area contributed by atoms with Crippen LogP contribution in [0, 0.1) is 0 Å². The van der Waals surface area contributed by atoms with Gasteiger partial charge in [-0.3, -0.25) is 0 Å². The summed E-state index contributed by atoms with van der Waals surface area (Å²) in [6.45, 7) is 3.27. The average Bonchev–Trinajstić information content (AvgIpc) is 2.18. The third-order valence-corrected chi connectivity index (χ3v) is 2.40. The molecule has 0 aliphatic carbocycles. The van der Waals surface area contributed by atoms with Gasteiger partial charge in [0.2, 0.25) is 0 Å². The molecule has 0 bridgehead atoms. The Morgan fingerprint density at radius 3 is 2.67 bits per heavy atom. The van der Waals surface area contributed by atoms with E-state index in [-0.39, 0.29) is 6.61 Å². The van der Waals surface area contributed by atoms with Crippen molar-refractivity contribution in [1.82, 2.24) is 0 Å². The third kappa shape index (κ3) is 2.49. The van der Waals surface area contributed by atoms with E-state index >= 15 is 0 Å². The molecular formula is C11H13ClO3. The predicted octanol–water partition coefficient (Wildman–Crippen LogP) is 2.11. The second-order valence-electron chi connectivity index (χ2n) is 3.27. The van der Waals surface area contributed by atoms with E-state index < -0.39 is 11.6 Å². The molecule has 4 heteroatoms. The van der Waals surface area contributed by atoms with Gasteiger partial charge in [0.05, 0.1) is 6.61 Å². The van der Waals surface area contributed by atoms with Crippen molar-refractivity contribution in [2.45, 2.75) is 19.4 Å². The number of rotatable bonds is 3. The first-order chi connectivity index (χ1) is 7.00. The molecule has 0 radical (unpaired) electrons. The summed E-state index contributed by atoms with van der Waals surface area (Å²) >= 11 is 5.89. The number of ether oxygens (including phenoxy) is 1. The molecular weight excluding hydrogens is 216 g/mol. The summed E-state index contributed by atoms with van der Waals surface area (Å²) in [6.07, 6.45) is 0. The molecule has 82 valence electrons. The zero-order valence-corrected chi connectivity index (χ0v) is 9.41. The summed E-state index contributed by atoms with van der Waals surface area (Å²) in [5, 5.41) is 10.4. The van der Waals surface area contributed by atoms with Crippen molar-refractivity contribution < 1.29 is 14.6 Å². The SMILES string of the molecule is CCOC(=O)C(C)(O)c1ccccc1Cl. The zero-order valence-electron chi connectivity index (χ0n) is 8.66. The van der Waals surface area contributed by atoms with Crippen LogP contribution in [-0.4, -0.2) is 17.7 Å². The normalized spacial score (nSPS) is 14.4. The summed E-state index contributed by atoms with van der Waals surface area (Å²) in [5.41, 5.74) is -1.35. The van der Waals surface area contributed by atoms with E-state index in [2.05, 4.69) is 0 Å². The molecule has 1 rings (SSSR count). The number of hydrogen-bond acceptors (Lipinski definition) is 3. The lowest BCUT2D eigenvalue weighted by atomic mass is 9.96. The number of benzene rings is 1. The van der Waals surface area contributed by atoms with E-state index in [4.69, 9.17) is 16.3 Å². The highest BCUT2D eigenvalue weighted by molar-refractivity contribution is 6.31. The molecule has 0 aromatic heterocycles. The molecule has 0 aliphatic rings. The van der Waals surface area contributed by atoms with E-state index in [1.54, 1.807) is 31.2 Å². The lowest BCUT2D eigenvalue weighted by molar-refractivity contribution is -0.164. The topological polar surface area (TPSA) is 46.5 Å². The molecule has 3 nitrogen and oxygen atoms in total. The van der Waals surface area contributed by atoms with Gasteiger partial charge in [-0.25, -0.2) is 4.79 Å². The summed E-state index contributed by atoms with van der Waals surface area (Å²) in [4.78, 5) is 11.5. The lowest BCUT2D eigenvalue weighted by Crippen LogP contribution is -2.34. The van der Waals surface area contributed by atoms with Crippen LogP contribution in [0.5, 0.6) is 0 Å². The minimum atomic E-state index is -1.70. The quantitative estimate of drug-likeness (QED) is 0.806. The Balaban J connectivity index is 3.05. The van der Waals surface area contributed by atoms with Crippen molar-refractivity contribution in [1.29, 1.82) is 0 Å². The zero-order chi connectivity index (χ0) is 11.5. The number of carbonyl (C=O) groups excluding carboxylic acids is 1. The van der Waals surface area contributed by atoms with Gasteiger partial charge in [-0.15, -0.1) is 0 Å². The van der Waals surface area contributed by atoms with Gasteiger partial charge in [0, 0.05) is 10.6 Å². The van der Waals surface area contributed by atoms with Gasteiger partial charge >= 0.3 is 5.97 Å². The van der Waals surface area contributed by atoms with Crippen LogP contribution in [0.4, 0.5) is 0 Å². The molecule has 0 amide bonds. The van der Waals surface area contributed by atoms with Gasteiger partial charge in [-0.1, -0.05) is 29.8 Å². The van der Waals surface area contributed by atoms with Crippen LogP contribution in [-0.2, 0) is 15.1 Å². The first-order valence-electron chi connectivity index (χ1n) is 4.64. The maximum Gasteiger partial charge on any atom is 0.342 e. The number of esters is 1. The molecule has 1 aromatic carbocycles. The Kier molecular flexibility index (Phi) is 3.72. The van der Waals surface area contributed by atoms with Crippen molar-refractivity contribution >= 4 is 17.6 Å². The van der Waals surface area contributed by atoms with Gasteiger partial charge in [0.15, 0.2) is 5.60 Å². The van der Waals surface area contributed by atoms with Gasteiger partial charge < -0.3 is 9.84 Å². The monoisotopic (exact) mass is 228 g/mol. The third-order valence-electron chi connectivity index (χ3n) is 2.07. The Hall–Kier alpha value is -1.06. The molecule has 0 aliphatic heterocycles. The van der Waals surface area contributed by atoms with E-state index in [0.717, 1.165) is 0 Å². The van der Waals surface area contributed by atoms with Crippen molar-refractivity contribution in [3.8, 4) is 0 Å². The molecule has 1 atom stereocenters. The van der Waals surface area contributed by atoms with Crippen molar-refractivity contribution in [2.75, 3.05) is 6.61 Å². The minimum Gasteiger partial charge on any atom is -0.464 e. The van der Waals surface area contributed by atoms with Gasteiger partial charge in [-0.05, 0) is 19.9 Å². The van der Waals surface area contributed by atoms with Crippen LogP contribution in [0.1, 0.15) is 19.4 Å². The molecule has 0 saturated carbocycles. The largest absolute Gasteiger partial charge is 0.464 e. The highest BCUT2D eigenvalue weighted by Crippen LogP contribution is 2.28. The predicted molar refractivity (Wildman–Crippen MR) is 57.7 cm³/mol. The van der Waals surface area contributed by atoms with Crippen LogP contribution in [0.2, 0.25) is 5.02 Å². The smallest absolute Gasteiger partial charge is 0.342 e. The fraction of sp³-hybridized carbons (Fsp3) is 0.364. The molecule has 15 heavy (non-hydrogen) atoms. The Bertz CT molecular complexity index is 361. The van der Waals surface area contributed by atoms with Crippen LogP contribution in [0.25, 0.3) is 0 Å². The first kappa shape index (κ1) is 12.0. The standard InChI is InChI=1S/C11H13ClO3/c1-3-15-10(13)11(2,14)8-6-4-5-7-9(8)12/h4-7,14H,3H2,1-2H3. The Labute approximate surface area is 93.6 Å². The minimum absolute atomic E-state index is 0.222. The highest BCUT2D eigenvalue weighted by Gasteiger charge is 2.35. The maximum absolute atomic E-state index is 11.5. The molecule has 1 N–H and O–H groups in total. The van der Waals surface area contributed by atoms with Crippen LogP contribution in [0.3, 0.4) is 0 Å². The van der Waals surface area contributed by atoms with Crippen molar-refractivity contribution in [2.24, 2.45) is 0 Å². The second kappa shape index (κ2) is 4.64. The number of aliphatic hydroxyl groups is 1. The number of halogens is 1. The average molecular weight is 229 g/mol. The second-order valence-corrected chi connectivity index (χ2v) is 3.68. The van der Waals surface area contributed by atoms with Crippen LogP contribution >= 0.6 is 11.6 Å². The lowest BCUT2D eigenvalue weighted by Gasteiger charge is -2.22. The number of carbonyl (C=O) groups is 1. The summed E-state index contributed by atoms with van der Waals surface area (Å²) in [6, 6.07) is 6.64. The molecule has 1 unspecified atom stereocenters. The van der Waals surface area contributed by atoms with Gasteiger partial charge in [-0.2, -0.15) is 0 Å². The van der Waals surface area contributed by atoms with Crippen LogP contribution < -0.4 is 0 Å².